The Labute approximate surface area is 196 Å². The Balaban J connectivity index is 1.34. The summed E-state index contributed by atoms with van der Waals surface area (Å²) in [5.41, 5.74) is 1.10. The highest BCUT2D eigenvalue weighted by Crippen LogP contribution is 2.33. The Morgan fingerprint density at radius 2 is 1.68 bits per heavy atom. The molecule has 0 spiro atoms. The molecule has 7 heteroatoms. The number of carbonyl (C=O) groups is 1. The molecule has 1 aliphatic heterocycles. The summed E-state index contributed by atoms with van der Waals surface area (Å²) in [6.07, 6.45) is 13.1. The van der Waals surface area contributed by atoms with Crippen LogP contribution >= 0.6 is 23.1 Å². The largest absolute Gasteiger partial charge is 0.379 e. The number of thiazole rings is 1. The van der Waals surface area contributed by atoms with E-state index in [1.807, 2.05) is 11.8 Å². The number of hydrogen-bond donors (Lipinski definition) is 0. The van der Waals surface area contributed by atoms with Crippen molar-refractivity contribution in [3.05, 3.63) is 10.7 Å². The van der Waals surface area contributed by atoms with Gasteiger partial charge in [0.05, 0.1) is 29.5 Å². The zero-order chi connectivity index (χ0) is 21.5. The average molecular weight is 466 g/mol. The number of aromatic nitrogens is 1. The van der Waals surface area contributed by atoms with E-state index in [0.717, 1.165) is 49.3 Å². The molecule has 0 atom stereocenters. The summed E-state index contributed by atoms with van der Waals surface area (Å²) in [6, 6.07) is 0.931. The molecule has 0 unspecified atom stereocenters. The zero-order valence-corrected chi connectivity index (χ0v) is 20.8. The highest BCUT2D eigenvalue weighted by Gasteiger charge is 2.32. The van der Waals surface area contributed by atoms with Gasteiger partial charge in [-0.1, -0.05) is 38.5 Å². The molecule has 5 nitrogen and oxygen atoms in total. The van der Waals surface area contributed by atoms with Gasteiger partial charge in [0.15, 0.2) is 0 Å². The van der Waals surface area contributed by atoms with Crippen molar-refractivity contribution in [2.75, 3.05) is 38.6 Å². The van der Waals surface area contributed by atoms with Crippen LogP contribution in [0.4, 0.5) is 0 Å². The number of carbonyl (C=O) groups excluding carboxylic acids is 1. The molecule has 31 heavy (non-hydrogen) atoms. The summed E-state index contributed by atoms with van der Waals surface area (Å²) < 4.78 is 6.73. The summed E-state index contributed by atoms with van der Waals surface area (Å²) in [5.74, 6) is 1.41. The second-order valence-corrected chi connectivity index (χ2v) is 11.8. The van der Waals surface area contributed by atoms with Gasteiger partial charge in [-0.2, -0.15) is 0 Å². The van der Waals surface area contributed by atoms with E-state index >= 15 is 0 Å². The van der Waals surface area contributed by atoms with Crippen molar-refractivity contribution < 1.29 is 9.53 Å². The third kappa shape index (κ3) is 6.68. The predicted molar refractivity (Wildman–Crippen MR) is 129 cm³/mol. The van der Waals surface area contributed by atoms with E-state index in [4.69, 9.17) is 9.72 Å². The molecule has 2 saturated carbocycles. The van der Waals surface area contributed by atoms with Crippen LogP contribution in [0.25, 0.3) is 0 Å². The summed E-state index contributed by atoms with van der Waals surface area (Å²) in [5, 5.41) is 1.01. The minimum atomic E-state index is 0.331. The van der Waals surface area contributed by atoms with Gasteiger partial charge in [0.2, 0.25) is 5.91 Å². The number of morpholine rings is 1. The summed E-state index contributed by atoms with van der Waals surface area (Å²) in [6.45, 7) is 6.99. The van der Waals surface area contributed by atoms with E-state index in [1.54, 1.807) is 11.3 Å². The fourth-order valence-electron chi connectivity index (χ4n) is 5.38. The van der Waals surface area contributed by atoms with E-state index in [0.29, 0.717) is 24.4 Å². The molecule has 0 N–H and O–H groups in total. The van der Waals surface area contributed by atoms with Crippen molar-refractivity contribution in [2.45, 2.75) is 93.8 Å². The lowest BCUT2D eigenvalue weighted by Gasteiger charge is -2.41. The molecule has 3 aliphatic rings. The number of amides is 1. The van der Waals surface area contributed by atoms with Gasteiger partial charge in [0.25, 0.3) is 0 Å². The minimum Gasteiger partial charge on any atom is -0.379 e. The molecule has 0 bridgehead atoms. The van der Waals surface area contributed by atoms with Crippen LogP contribution < -0.4 is 0 Å². The van der Waals surface area contributed by atoms with Crippen LogP contribution in [0.5, 0.6) is 0 Å². The Morgan fingerprint density at radius 3 is 2.29 bits per heavy atom. The number of ether oxygens (including phenoxy) is 1. The molecule has 4 rings (SSSR count). The van der Waals surface area contributed by atoms with Gasteiger partial charge >= 0.3 is 0 Å². The van der Waals surface area contributed by atoms with Gasteiger partial charge in [0.1, 0.15) is 5.01 Å². The number of nitrogens with zero attached hydrogens (tertiary/aromatic N) is 3. The van der Waals surface area contributed by atoms with Crippen molar-refractivity contribution in [3.63, 3.8) is 0 Å². The Hall–Kier alpha value is -0.630. The van der Waals surface area contributed by atoms with E-state index in [-0.39, 0.29) is 0 Å². The SMILES string of the molecule is Cc1nc(CC(=O)N(C2CCCCC2)C2CCCCC2)sc1SCCN1CCOCC1. The monoisotopic (exact) mass is 465 g/mol. The molecule has 174 valence electrons. The highest BCUT2D eigenvalue weighted by molar-refractivity contribution is 8.01. The maximum absolute atomic E-state index is 13.5. The van der Waals surface area contributed by atoms with Crippen LogP contribution in [0.2, 0.25) is 0 Å². The quantitative estimate of drug-likeness (QED) is 0.510. The molecule has 3 fully saturated rings. The van der Waals surface area contributed by atoms with Gasteiger partial charge in [-0.3, -0.25) is 9.69 Å². The Bertz CT molecular complexity index is 675. The van der Waals surface area contributed by atoms with Crippen LogP contribution in [0.3, 0.4) is 0 Å². The second kappa shape index (κ2) is 12.0. The molecule has 1 aromatic rings. The molecule has 2 heterocycles. The van der Waals surface area contributed by atoms with Gasteiger partial charge in [0, 0.05) is 37.5 Å². The van der Waals surface area contributed by atoms with Crippen LogP contribution in [-0.2, 0) is 16.0 Å². The lowest BCUT2D eigenvalue weighted by molar-refractivity contribution is -0.137. The van der Waals surface area contributed by atoms with Crippen molar-refractivity contribution >= 4 is 29.0 Å². The van der Waals surface area contributed by atoms with Crippen molar-refractivity contribution in [1.82, 2.24) is 14.8 Å². The molecule has 1 saturated heterocycles. The lowest BCUT2D eigenvalue weighted by atomic mass is 9.88. The summed E-state index contributed by atoms with van der Waals surface area (Å²) in [4.78, 5) is 23.1. The predicted octanol–water partition coefficient (Wildman–Crippen LogP) is 4.91. The van der Waals surface area contributed by atoms with Crippen molar-refractivity contribution in [2.24, 2.45) is 0 Å². The maximum Gasteiger partial charge on any atom is 0.229 e. The molecular weight excluding hydrogens is 426 g/mol. The van der Waals surface area contributed by atoms with E-state index < -0.39 is 0 Å². The van der Waals surface area contributed by atoms with Crippen LogP contribution in [0, 0.1) is 6.92 Å². The lowest BCUT2D eigenvalue weighted by Crippen LogP contribution is -2.49. The van der Waals surface area contributed by atoms with Crippen molar-refractivity contribution in [1.29, 1.82) is 0 Å². The maximum atomic E-state index is 13.5. The molecule has 1 aromatic heterocycles. The van der Waals surface area contributed by atoms with E-state index in [2.05, 4.69) is 16.7 Å². The fourth-order valence-corrected chi connectivity index (χ4v) is 7.73. The molecule has 0 radical (unpaired) electrons. The summed E-state index contributed by atoms with van der Waals surface area (Å²) >= 11 is 3.65. The highest BCUT2D eigenvalue weighted by atomic mass is 32.2. The zero-order valence-electron chi connectivity index (χ0n) is 19.2. The Morgan fingerprint density at radius 1 is 1.06 bits per heavy atom. The van der Waals surface area contributed by atoms with Gasteiger partial charge in [-0.15, -0.1) is 23.1 Å². The topological polar surface area (TPSA) is 45.7 Å². The summed E-state index contributed by atoms with van der Waals surface area (Å²) in [7, 11) is 0. The van der Waals surface area contributed by atoms with Crippen LogP contribution in [0.1, 0.15) is 74.9 Å². The second-order valence-electron chi connectivity index (χ2n) is 9.34. The number of aryl methyl sites for hydroxylation is 1. The van der Waals surface area contributed by atoms with Crippen LogP contribution in [0.15, 0.2) is 4.21 Å². The first-order valence-corrected chi connectivity index (χ1v) is 14.2. The van der Waals surface area contributed by atoms with Gasteiger partial charge in [-0.05, 0) is 32.6 Å². The number of thioether (sulfide) groups is 1. The molecule has 2 aliphatic carbocycles. The van der Waals surface area contributed by atoms with Gasteiger partial charge in [-0.25, -0.2) is 4.98 Å². The standard InChI is InChI=1S/C24H39N3O2S2/c1-19-24(30-17-14-26-12-15-29-16-13-26)31-22(25-19)18-23(28)27(20-8-4-2-5-9-20)21-10-6-3-7-11-21/h20-21H,2-18H2,1H3. The first kappa shape index (κ1) is 23.5. The first-order valence-electron chi connectivity index (χ1n) is 12.4. The first-order chi connectivity index (χ1) is 15.2. The van der Waals surface area contributed by atoms with E-state index in [9.17, 15) is 4.79 Å². The third-order valence-corrected chi connectivity index (χ3v) is 9.57. The fraction of sp³-hybridized carbons (Fsp3) is 0.833. The number of hydrogen-bond acceptors (Lipinski definition) is 6. The number of rotatable bonds is 8. The average Bonchev–Trinajstić information content (AvgIpc) is 3.15. The Kier molecular flexibility index (Phi) is 9.11. The van der Waals surface area contributed by atoms with Gasteiger partial charge < -0.3 is 9.64 Å². The van der Waals surface area contributed by atoms with Crippen molar-refractivity contribution in [3.8, 4) is 0 Å². The molecule has 0 aromatic carbocycles. The van der Waals surface area contributed by atoms with Crippen LogP contribution in [-0.4, -0.2) is 71.4 Å². The third-order valence-electron chi connectivity index (χ3n) is 7.07. The minimum absolute atomic E-state index is 0.331. The molecule has 1 amide bonds. The molecular formula is C24H39N3O2S2. The van der Waals surface area contributed by atoms with E-state index in [1.165, 1.54) is 68.4 Å². The normalized spacial score (nSPS) is 22.0. The smallest absolute Gasteiger partial charge is 0.229 e.